The van der Waals surface area contributed by atoms with E-state index in [9.17, 15) is 31.6 Å². The third-order valence-electron chi connectivity index (χ3n) is 5.50. The Morgan fingerprint density at radius 3 is 2.33 bits per heavy atom. The number of halogens is 3. The molecule has 0 bridgehead atoms. The highest BCUT2D eigenvalue weighted by Gasteiger charge is 2.34. The van der Waals surface area contributed by atoms with E-state index in [0.29, 0.717) is 15.7 Å². The highest BCUT2D eigenvalue weighted by molar-refractivity contribution is 7.89. The normalized spacial score (nSPS) is 12.2. The molecule has 10 nitrogen and oxygen atoms in total. The molecular weight excluding hydrogens is 541 g/mol. The maximum Gasteiger partial charge on any atom is 0.416 e. The van der Waals surface area contributed by atoms with Crippen molar-refractivity contribution >= 4 is 26.9 Å². The second kappa shape index (κ2) is 11.3. The molecule has 0 aliphatic carbocycles. The van der Waals surface area contributed by atoms with Crippen molar-refractivity contribution in [1.82, 2.24) is 20.3 Å². The Bertz CT molecular complexity index is 1570. The molecule has 1 heterocycles. The van der Waals surface area contributed by atoms with Gasteiger partial charge in [0.15, 0.2) is 0 Å². The lowest BCUT2D eigenvalue weighted by molar-refractivity contribution is -0.300. The van der Waals surface area contributed by atoms with Crippen LogP contribution in [-0.2, 0) is 27.6 Å². The number of ether oxygens (including phenoxy) is 1. The molecule has 0 aliphatic heterocycles. The van der Waals surface area contributed by atoms with E-state index in [4.69, 9.17) is 9.57 Å². The summed E-state index contributed by atoms with van der Waals surface area (Å²) in [6.07, 6.45) is -3.57. The largest absolute Gasteiger partial charge is 0.497 e. The van der Waals surface area contributed by atoms with E-state index >= 15 is 0 Å². The highest BCUT2D eigenvalue weighted by Crippen LogP contribution is 2.31. The van der Waals surface area contributed by atoms with Crippen molar-refractivity contribution in [2.75, 3.05) is 7.11 Å². The summed E-state index contributed by atoms with van der Waals surface area (Å²) in [7, 11) is -3.05. The summed E-state index contributed by atoms with van der Waals surface area (Å²) in [6, 6.07) is 17.5. The standard InChI is InChI=1S/C25H21F3N4O6S/c1-37-21-8-10-22(11-9-21)39(35,36)31(16-17-5-3-2-4-6-17)32(30-34)38-24(33)19-13-18-14-20(25(26,27)28)7-12-23(18)29-15-19/h2-15,30,34H,16H2,1H3. The van der Waals surface area contributed by atoms with E-state index in [0.717, 1.165) is 30.5 Å². The molecule has 2 N–H and O–H groups in total. The molecule has 0 radical (unpaired) electrons. The molecular formula is C25H21F3N4O6S. The number of aromatic nitrogens is 1. The van der Waals surface area contributed by atoms with E-state index in [2.05, 4.69) is 4.98 Å². The van der Waals surface area contributed by atoms with Crippen LogP contribution >= 0.6 is 0 Å². The summed E-state index contributed by atoms with van der Waals surface area (Å²) >= 11 is 0. The Balaban J connectivity index is 1.67. The Morgan fingerprint density at radius 1 is 1.03 bits per heavy atom. The maximum atomic E-state index is 13.5. The second-order valence-electron chi connectivity index (χ2n) is 8.03. The summed E-state index contributed by atoms with van der Waals surface area (Å²) < 4.78 is 72.1. The molecule has 0 unspecified atom stereocenters. The van der Waals surface area contributed by atoms with Crippen molar-refractivity contribution < 1.29 is 41.2 Å². The van der Waals surface area contributed by atoms with E-state index in [1.54, 1.807) is 30.3 Å². The fraction of sp³-hybridized carbons (Fsp3) is 0.120. The molecule has 0 aliphatic rings. The SMILES string of the molecule is COc1ccc(S(=O)(=O)N(Cc2ccccc2)N(NO)OC(=O)c2cnc3ccc(C(F)(F)F)cc3c2)cc1. The predicted molar refractivity (Wildman–Crippen MR) is 131 cm³/mol. The summed E-state index contributed by atoms with van der Waals surface area (Å²) in [5, 5.41) is 9.99. The number of fused-ring (bicyclic) bond motifs is 1. The lowest BCUT2D eigenvalue weighted by atomic mass is 10.1. The van der Waals surface area contributed by atoms with E-state index in [1.807, 2.05) is 0 Å². The third kappa shape index (κ3) is 6.32. The molecule has 39 heavy (non-hydrogen) atoms. The summed E-state index contributed by atoms with van der Waals surface area (Å²) in [5.41, 5.74) is 0.940. The van der Waals surface area contributed by atoms with Crippen LogP contribution in [-0.4, -0.2) is 41.4 Å². The van der Waals surface area contributed by atoms with Crippen molar-refractivity contribution in [3.05, 3.63) is 102 Å². The van der Waals surface area contributed by atoms with Crippen LogP contribution in [0.3, 0.4) is 0 Å². The number of rotatable bonds is 9. The molecule has 4 aromatic rings. The van der Waals surface area contributed by atoms with Gasteiger partial charge in [0.1, 0.15) is 5.75 Å². The molecule has 204 valence electrons. The number of alkyl halides is 3. The van der Waals surface area contributed by atoms with Gasteiger partial charge in [0.05, 0.1) is 35.2 Å². The van der Waals surface area contributed by atoms with Gasteiger partial charge in [-0.3, -0.25) is 10.2 Å². The number of carbonyl (C=O) groups excluding carboxylic acids is 1. The Morgan fingerprint density at radius 2 is 1.72 bits per heavy atom. The van der Waals surface area contributed by atoms with Gasteiger partial charge in [0.2, 0.25) is 0 Å². The van der Waals surface area contributed by atoms with Gasteiger partial charge in [0, 0.05) is 16.9 Å². The minimum atomic E-state index is -4.62. The van der Waals surface area contributed by atoms with Crippen molar-refractivity contribution in [2.45, 2.75) is 17.6 Å². The number of carbonyl (C=O) groups is 1. The number of nitrogens with zero attached hydrogens (tertiary/aromatic N) is 3. The molecule has 14 heteroatoms. The lowest BCUT2D eigenvalue weighted by Crippen LogP contribution is -2.52. The molecule has 0 fully saturated rings. The van der Waals surface area contributed by atoms with Gasteiger partial charge in [-0.1, -0.05) is 40.3 Å². The van der Waals surface area contributed by atoms with Crippen LogP contribution in [0.1, 0.15) is 21.5 Å². The fourth-order valence-corrected chi connectivity index (χ4v) is 4.83. The van der Waals surface area contributed by atoms with Gasteiger partial charge < -0.3 is 9.57 Å². The van der Waals surface area contributed by atoms with Gasteiger partial charge >= 0.3 is 12.1 Å². The molecule has 0 saturated heterocycles. The average molecular weight is 563 g/mol. The van der Waals surface area contributed by atoms with Crippen molar-refractivity contribution in [2.24, 2.45) is 0 Å². The molecule has 1 aromatic heterocycles. The van der Waals surface area contributed by atoms with Crippen LogP contribution in [0.25, 0.3) is 10.9 Å². The zero-order chi connectivity index (χ0) is 28.2. The van der Waals surface area contributed by atoms with E-state index in [1.165, 1.54) is 37.0 Å². The predicted octanol–water partition coefficient (Wildman–Crippen LogP) is 4.34. The number of pyridine rings is 1. The monoisotopic (exact) mass is 562 g/mol. The first-order valence-electron chi connectivity index (χ1n) is 11.1. The Labute approximate surface area is 220 Å². The number of methoxy groups -OCH3 is 1. The number of hydrogen-bond acceptors (Lipinski definition) is 9. The first-order valence-corrected chi connectivity index (χ1v) is 12.6. The number of sulfonamides is 1. The maximum absolute atomic E-state index is 13.5. The summed E-state index contributed by atoms with van der Waals surface area (Å²) in [4.78, 5) is 21.8. The molecule has 0 spiro atoms. The topological polar surface area (TPSA) is 121 Å². The second-order valence-corrected chi connectivity index (χ2v) is 9.87. The van der Waals surface area contributed by atoms with Crippen molar-refractivity contribution in [3.63, 3.8) is 0 Å². The van der Waals surface area contributed by atoms with Gasteiger partial charge in [-0.05, 0) is 54.1 Å². The first-order chi connectivity index (χ1) is 18.5. The van der Waals surface area contributed by atoms with E-state index < -0.39 is 27.7 Å². The zero-order valence-electron chi connectivity index (χ0n) is 20.2. The Kier molecular flexibility index (Phi) is 8.13. The number of hydrazine groups is 2. The lowest BCUT2D eigenvalue weighted by Gasteiger charge is -2.30. The van der Waals surface area contributed by atoms with Crippen LogP contribution in [0.15, 0.2) is 90.0 Å². The zero-order valence-corrected chi connectivity index (χ0v) is 21.0. The Hall–Kier alpha value is -4.08. The van der Waals surface area contributed by atoms with Crippen LogP contribution in [0, 0.1) is 0 Å². The molecule has 3 aromatic carbocycles. The van der Waals surface area contributed by atoms with Crippen LogP contribution in [0.4, 0.5) is 13.2 Å². The van der Waals surface area contributed by atoms with Gasteiger partial charge in [0.25, 0.3) is 10.0 Å². The molecule has 0 saturated carbocycles. The van der Waals surface area contributed by atoms with Crippen molar-refractivity contribution in [1.29, 1.82) is 0 Å². The van der Waals surface area contributed by atoms with Crippen LogP contribution in [0.5, 0.6) is 5.75 Å². The quantitative estimate of drug-likeness (QED) is 0.287. The first kappa shape index (κ1) is 27.9. The highest BCUT2D eigenvalue weighted by atomic mass is 32.2. The molecule has 0 amide bonds. The fourth-order valence-electron chi connectivity index (χ4n) is 3.52. The van der Waals surface area contributed by atoms with Gasteiger partial charge in [-0.25, -0.2) is 13.2 Å². The van der Waals surface area contributed by atoms with Crippen LogP contribution in [0.2, 0.25) is 0 Å². The van der Waals surface area contributed by atoms with Crippen LogP contribution < -0.4 is 10.3 Å². The summed E-state index contributed by atoms with van der Waals surface area (Å²) in [6.45, 7) is -0.388. The van der Waals surface area contributed by atoms with E-state index in [-0.39, 0.29) is 33.2 Å². The van der Waals surface area contributed by atoms with Gasteiger partial charge in [-0.15, -0.1) is 0 Å². The molecule has 0 atom stereocenters. The van der Waals surface area contributed by atoms with Crippen molar-refractivity contribution in [3.8, 4) is 5.75 Å². The smallest absolute Gasteiger partial charge is 0.416 e. The number of nitrogens with one attached hydrogen (secondary N) is 1. The average Bonchev–Trinajstić information content (AvgIpc) is 2.94. The summed E-state index contributed by atoms with van der Waals surface area (Å²) in [5.74, 6) is -0.823. The minimum absolute atomic E-state index is 0.00483. The number of hydrogen-bond donors (Lipinski definition) is 2. The number of benzene rings is 3. The third-order valence-corrected chi connectivity index (χ3v) is 7.20. The minimum Gasteiger partial charge on any atom is -0.497 e. The molecule has 4 rings (SSSR count). The van der Waals surface area contributed by atoms with Gasteiger partial charge in [-0.2, -0.15) is 13.2 Å².